The van der Waals surface area contributed by atoms with E-state index in [-0.39, 0.29) is 12.5 Å². The molecule has 0 unspecified atom stereocenters. The summed E-state index contributed by atoms with van der Waals surface area (Å²) in [5.41, 5.74) is 3.64. The summed E-state index contributed by atoms with van der Waals surface area (Å²) in [6.07, 6.45) is 0.482. The number of nitrogens with one attached hydrogen (secondary N) is 1. The SMILES string of the molecule is Cc1cc(Cl)ccc1OCC(=O)Nc1ccc(Cc2nc3cc(Cl)cc(Cl)c3o2)cc1. The molecule has 4 aromatic rings. The topological polar surface area (TPSA) is 64.4 Å². The number of hydrogen-bond acceptors (Lipinski definition) is 4. The van der Waals surface area contributed by atoms with Crippen molar-refractivity contribution in [2.75, 3.05) is 11.9 Å². The first-order chi connectivity index (χ1) is 14.9. The number of aryl methyl sites for hydroxylation is 1. The molecule has 0 bridgehead atoms. The lowest BCUT2D eigenvalue weighted by Gasteiger charge is -2.10. The Balaban J connectivity index is 1.35. The number of carbonyl (C=O) groups excluding carboxylic acids is 1. The smallest absolute Gasteiger partial charge is 0.262 e. The number of carbonyl (C=O) groups is 1. The first-order valence-corrected chi connectivity index (χ1v) is 10.5. The molecule has 0 saturated carbocycles. The second kappa shape index (κ2) is 9.18. The molecule has 5 nitrogen and oxygen atoms in total. The van der Waals surface area contributed by atoms with E-state index < -0.39 is 0 Å². The molecule has 1 aromatic heterocycles. The van der Waals surface area contributed by atoms with Gasteiger partial charge in [0.15, 0.2) is 18.1 Å². The standard InChI is InChI=1S/C23H17Cl3N2O3/c1-13-8-15(24)4-7-20(13)30-12-21(29)27-17-5-2-14(3-6-17)9-22-28-19-11-16(25)10-18(26)23(19)31-22/h2-8,10-11H,9,12H2,1H3,(H,27,29). The molecule has 0 spiro atoms. The third-order valence-electron chi connectivity index (χ3n) is 4.54. The maximum atomic E-state index is 12.2. The van der Waals surface area contributed by atoms with Crippen LogP contribution in [-0.4, -0.2) is 17.5 Å². The highest BCUT2D eigenvalue weighted by molar-refractivity contribution is 6.38. The Labute approximate surface area is 193 Å². The van der Waals surface area contributed by atoms with Crippen molar-refractivity contribution in [3.05, 3.63) is 86.7 Å². The molecule has 1 heterocycles. The zero-order chi connectivity index (χ0) is 22.0. The minimum absolute atomic E-state index is 0.101. The molecule has 0 fully saturated rings. The lowest BCUT2D eigenvalue weighted by atomic mass is 10.1. The molecular weight excluding hydrogens is 459 g/mol. The highest BCUT2D eigenvalue weighted by atomic mass is 35.5. The van der Waals surface area contributed by atoms with E-state index in [1.165, 1.54) is 0 Å². The van der Waals surface area contributed by atoms with Gasteiger partial charge in [0.2, 0.25) is 0 Å². The fourth-order valence-electron chi connectivity index (χ4n) is 3.08. The largest absolute Gasteiger partial charge is 0.483 e. The molecule has 31 heavy (non-hydrogen) atoms. The predicted octanol–water partition coefficient (Wildman–Crippen LogP) is 6.70. The van der Waals surface area contributed by atoms with Crippen LogP contribution in [-0.2, 0) is 11.2 Å². The van der Waals surface area contributed by atoms with Crippen LogP contribution in [0.3, 0.4) is 0 Å². The van der Waals surface area contributed by atoms with Crippen molar-refractivity contribution in [1.29, 1.82) is 0 Å². The van der Waals surface area contributed by atoms with Crippen molar-refractivity contribution in [3.8, 4) is 5.75 Å². The minimum Gasteiger partial charge on any atom is -0.483 e. The Morgan fingerprint density at radius 3 is 2.55 bits per heavy atom. The molecule has 8 heteroatoms. The first-order valence-electron chi connectivity index (χ1n) is 9.39. The average Bonchev–Trinajstić information content (AvgIpc) is 3.11. The molecule has 0 aliphatic rings. The van der Waals surface area contributed by atoms with E-state index in [1.54, 1.807) is 30.3 Å². The summed E-state index contributed by atoms with van der Waals surface area (Å²) in [6.45, 7) is 1.77. The number of nitrogens with zero attached hydrogens (tertiary/aromatic N) is 1. The van der Waals surface area contributed by atoms with Crippen molar-refractivity contribution >= 4 is 57.5 Å². The summed E-state index contributed by atoms with van der Waals surface area (Å²) in [5.74, 6) is 0.893. The maximum Gasteiger partial charge on any atom is 0.262 e. The van der Waals surface area contributed by atoms with Gasteiger partial charge in [-0.15, -0.1) is 0 Å². The zero-order valence-electron chi connectivity index (χ0n) is 16.4. The monoisotopic (exact) mass is 474 g/mol. The third kappa shape index (κ3) is 5.31. The third-order valence-corrected chi connectivity index (χ3v) is 5.28. The van der Waals surface area contributed by atoms with E-state index in [4.69, 9.17) is 44.0 Å². The van der Waals surface area contributed by atoms with Gasteiger partial charge >= 0.3 is 0 Å². The highest BCUT2D eigenvalue weighted by Gasteiger charge is 2.12. The van der Waals surface area contributed by atoms with E-state index in [9.17, 15) is 4.79 Å². The van der Waals surface area contributed by atoms with Crippen LogP contribution in [0.15, 0.2) is 59.0 Å². The molecule has 0 radical (unpaired) electrons. The molecule has 0 aliphatic heterocycles. The van der Waals surface area contributed by atoms with E-state index >= 15 is 0 Å². The van der Waals surface area contributed by atoms with Crippen LogP contribution < -0.4 is 10.1 Å². The number of anilines is 1. The van der Waals surface area contributed by atoms with Crippen molar-refractivity contribution in [2.45, 2.75) is 13.3 Å². The lowest BCUT2D eigenvalue weighted by Crippen LogP contribution is -2.20. The van der Waals surface area contributed by atoms with E-state index in [0.29, 0.717) is 49.9 Å². The molecular formula is C23H17Cl3N2O3. The Hall–Kier alpha value is -2.73. The van der Waals surface area contributed by atoms with Gasteiger partial charge in [-0.1, -0.05) is 46.9 Å². The van der Waals surface area contributed by atoms with Crippen LogP contribution in [0.1, 0.15) is 17.0 Å². The van der Waals surface area contributed by atoms with Gasteiger partial charge in [0.05, 0.1) is 5.02 Å². The molecule has 1 N–H and O–H groups in total. The van der Waals surface area contributed by atoms with Crippen molar-refractivity contribution < 1.29 is 13.9 Å². The fourth-order valence-corrected chi connectivity index (χ4v) is 3.83. The molecule has 158 valence electrons. The van der Waals surface area contributed by atoms with Crippen LogP contribution in [0.25, 0.3) is 11.1 Å². The highest BCUT2D eigenvalue weighted by Crippen LogP contribution is 2.29. The van der Waals surface area contributed by atoms with Crippen LogP contribution >= 0.6 is 34.8 Å². The molecule has 4 rings (SSSR count). The summed E-state index contributed by atoms with van der Waals surface area (Å²) < 4.78 is 11.3. The summed E-state index contributed by atoms with van der Waals surface area (Å²) in [4.78, 5) is 16.6. The number of hydrogen-bond donors (Lipinski definition) is 1. The molecule has 1 amide bonds. The number of oxazole rings is 1. The molecule has 0 saturated heterocycles. The van der Waals surface area contributed by atoms with Gasteiger partial charge in [-0.05, 0) is 60.5 Å². The van der Waals surface area contributed by atoms with Gasteiger partial charge in [-0.25, -0.2) is 4.98 Å². The van der Waals surface area contributed by atoms with Crippen molar-refractivity contribution in [1.82, 2.24) is 4.98 Å². The zero-order valence-corrected chi connectivity index (χ0v) is 18.7. The van der Waals surface area contributed by atoms with E-state index in [2.05, 4.69) is 10.3 Å². The Morgan fingerprint density at radius 1 is 1.03 bits per heavy atom. The lowest BCUT2D eigenvalue weighted by molar-refractivity contribution is -0.118. The average molecular weight is 476 g/mol. The molecule has 0 atom stereocenters. The second-order valence-electron chi connectivity index (χ2n) is 6.96. The van der Waals surface area contributed by atoms with Crippen LogP contribution in [0, 0.1) is 6.92 Å². The minimum atomic E-state index is -0.257. The second-order valence-corrected chi connectivity index (χ2v) is 8.24. The quantitative estimate of drug-likeness (QED) is 0.337. The van der Waals surface area contributed by atoms with Crippen LogP contribution in [0.2, 0.25) is 15.1 Å². The Morgan fingerprint density at radius 2 is 1.81 bits per heavy atom. The normalized spacial score (nSPS) is 11.0. The Bertz CT molecular complexity index is 1250. The van der Waals surface area contributed by atoms with E-state index in [1.807, 2.05) is 31.2 Å². The number of ether oxygens (including phenoxy) is 1. The number of benzene rings is 3. The summed E-state index contributed by atoms with van der Waals surface area (Å²) in [6, 6.07) is 16.0. The van der Waals surface area contributed by atoms with Gasteiger partial charge < -0.3 is 14.5 Å². The summed E-state index contributed by atoms with van der Waals surface area (Å²) in [7, 11) is 0. The summed E-state index contributed by atoms with van der Waals surface area (Å²) >= 11 is 18.1. The van der Waals surface area contributed by atoms with Gasteiger partial charge in [0.25, 0.3) is 5.91 Å². The number of aromatic nitrogens is 1. The van der Waals surface area contributed by atoms with Gasteiger partial charge in [-0.3, -0.25) is 4.79 Å². The summed E-state index contributed by atoms with van der Waals surface area (Å²) in [5, 5.41) is 4.37. The molecule has 3 aromatic carbocycles. The Kier molecular flexibility index (Phi) is 6.37. The number of rotatable bonds is 6. The fraction of sp³-hybridized carbons (Fsp3) is 0.130. The first kappa shape index (κ1) is 21.5. The number of halogens is 3. The van der Waals surface area contributed by atoms with E-state index in [0.717, 1.165) is 11.1 Å². The van der Waals surface area contributed by atoms with Gasteiger partial charge in [-0.2, -0.15) is 0 Å². The predicted molar refractivity (Wildman–Crippen MR) is 124 cm³/mol. The number of amides is 1. The maximum absolute atomic E-state index is 12.2. The van der Waals surface area contributed by atoms with Crippen LogP contribution in [0.4, 0.5) is 5.69 Å². The van der Waals surface area contributed by atoms with Crippen molar-refractivity contribution in [2.24, 2.45) is 0 Å². The molecule has 0 aliphatic carbocycles. The van der Waals surface area contributed by atoms with Gasteiger partial charge in [0.1, 0.15) is 11.3 Å². The van der Waals surface area contributed by atoms with Crippen LogP contribution in [0.5, 0.6) is 5.75 Å². The van der Waals surface area contributed by atoms with Crippen molar-refractivity contribution in [3.63, 3.8) is 0 Å². The number of fused-ring (bicyclic) bond motifs is 1. The van der Waals surface area contributed by atoms with Gasteiger partial charge in [0, 0.05) is 22.2 Å².